The Morgan fingerprint density at radius 1 is 1.00 bits per heavy atom. The average Bonchev–Trinajstić information content (AvgIpc) is 2.79. The number of likely N-dealkylation sites (N-methyl/N-ethyl adjacent to an activating group) is 1. The lowest BCUT2D eigenvalue weighted by molar-refractivity contribution is 0.456. The number of halogens is 2. The number of anilines is 3. The molecule has 140 valence electrons. The molecule has 0 fully saturated rings. The molecule has 2 N–H and O–H groups in total. The van der Waals surface area contributed by atoms with E-state index in [2.05, 4.69) is 0 Å². The average molecular weight is 381 g/mol. The number of benzene rings is 2. The van der Waals surface area contributed by atoms with Crippen molar-refractivity contribution in [2.24, 2.45) is 0 Å². The molecule has 0 spiro atoms. The Balaban J connectivity index is 2.00. The predicted octanol–water partition coefficient (Wildman–Crippen LogP) is 4.62. The summed E-state index contributed by atoms with van der Waals surface area (Å²) in [5.41, 5.74) is 0.948. The van der Waals surface area contributed by atoms with Crippen LogP contribution in [0.4, 0.5) is 25.8 Å². The fraction of sp³-hybridized carbons (Fsp3) is 0.222. The highest BCUT2D eigenvalue weighted by molar-refractivity contribution is 8.27. The van der Waals surface area contributed by atoms with E-state index in [9.17, 15) is 17.9 Å². The van der Waals surface area contributed by atoms with Crippen molar-refractivity contribution in [3.63, 3.8) is 0 Å². The van der Waals surface area contributed by atoms with Crippen LogP contribution in [0.5, 0.6) is 0 Å². The highest BCUT2D eigenvalue weighted by atomic mass is 32.3. The van der Waals surface area contributed by atoms with Gasteiger partial charge >= 0.3 is 0 Å². The summed E-state index contributed by atoms with van der Waals surface area (Å²) in [5, 5.41) is 0. The summed E-state index contributed by atoms with van der Waals surface area (Å²) < 4.78 is 51.9. The second-order valence-electron chi connectivity index (χ2n) is 6.16. The zero-order valence-corrected chi connectivity index (χ0v) is 15.3. The van der Waals surface area contributed by atoms with Crippen LogP contribution in [0.15, 0.2) is 54.6 Å². The number of rotatable bonds is 5. The van der Waals surface area contributed by atoms with Crippen molar-refractivity contribution in [2.45, 2.75) is 0 Å². The topological polar surface area (TPSA) is 50.2 Å². The summed E-state index contributed by atoms with van der Waals surface area (Å²) in [6, 6.07) is 9.95. The van der Waals surface area contributed by atoms with E-state index in [1.165, 1.54) is 10.4 Å². The molecule has 0 amide bonds. The third-order valence-corrected chi connectivity index (χ3v) is 5.77. The molecule has 0 unspecified atom stereocenters. The molecule has 0 saturated heterocycles. The minimum Gasteiger partial charge on any atom is -0.306 e. The molecule has 1 aliphatic heterocycles. The largest absolute Gasteiger partial charge is 0.306 e. The Morgan fingerprint density at radius 3 is 2.35 bits per heavy atom. The first kappa shape index (κ1) is 18.7. The van der Waals surface area contributed by atoms with Crippen molar-refractivity contribution in [3.8, 4) is 0 Å². The molecule has 0 saturated carbocycles. The second kappa shape index (κ2) is 7.24. The molecule has 1 heterocycles. The molecule has 26 heavy (non-hydrogen) atoms. The van der Waals surface area contributed by atoms with Crippen molar-refractivity contribution in [3.05, 3.63) is 66.3 Å². The standard InChI is InChI=1S/C18H21F2N3O2S/c1-21(2)11-5-6-12-22-17-7-3-4-8-18(17)23(26(22,24)25)16-10-9-14(19)13-15(16)20/h3-10,13,24-25H,11-12H2,1-2H3/b6-5+. The van der Waals surface area contributed by atoms with Crippen LogP contribution in [0.25, 0.3) is 0 Å². The van der Waals surface area contributed by atoms with Gasteiger partial charge in [-0.1, -0.05) is 24.3 Å². The molecule has 8 heteroatoms. The maximum absolute atomic E-state index is 14.3. The van der Waals surface area contributed by atoms with Crippen molar-refractivity contribution in [2.75, 3.05) is 35.8 Å². The van der Waals surface area contributed by atoms with E-state index >= 15 is 0 Å². The van der Waals surface area contributed by atoms with Crippen molar-refractivity contribution < 1.29 is 17.9 Å². The van der Waals surface area contributed by atoms with Gasteiger partial charge in [0.1, 0.15) is 11.5 Å². The van der Waals surface area contributed by atoms with Crippen molar-refractivity contribution >= 4 is 28.0 Å². The molecule has 0 aromatic heterocycles. The highest BCUT2D eigenvalue weighted by Gasteiger charge is 2.42. The lowest BCUT2D eigenvalue weighted by atomic mass is 10.2. The van der Waals surface area contributed by atoms with Gasteiger partial charge in [-0.2, -0.15) is 0 Å². The Hall–Kier alpha value is -2.13. The van der Waals surface area contributed by atoms with Gasteiger partial charge in [0, 0.05) is 12.6 Å². The Labute approximate surface area is 153 Å². The van der Waals surface area contributed by atoms with Crippen LogP contribution in [-0.4, -0.2) is 41.2 Å². The number of nitrogens with zero attached hydrogens (tertiary/aromatic N) is 3. The van der Waals surface area contributed by atoms with Crippen LogP contribution in [0.2, 0.25) is 0 Å². The molecule has 3 rings (SSSR count). The fourth-order valence-electron chi connectivity index (χ4n) is 2.77. The summed E-state index contributed by atoms with van der Waals surface area (Å²) in [4.78, 5) is 1.98. The van der Waals surface area contributed by atoms with Crippen molar-refractivity contribution in [1.82, 2.24) is 4.90 Å². The van der Waals surface area contributed by atoms with Crippen LogP contribution in [0, 0.1) is 11.6 Å². The first-order chi connectivity index (χ1) is 12.3. The summed E-state index contributed by atoms with van der Waals surface area (Å²) in [5.74, 6) is -1.58. The minimum absolute atomic E-state index is 0.0846. The van der Waals surface area contributed by atoms with Gasteiger partial charge in [-0.15, -0.1) is 0 Å². The van der Waals surface area contributed by atoms with Gasteiger partial charge in [-0.25, -0.2) is 17.4 Å². The summed E-state index contributed by atoms with van der Waals surface area (Å²) in [7, 11) is 0.329. The van der Waals surface area contributed by atoms with Crippen LogP contribution in [-0.2, 0) is 0 Å². The van der Waals surface area contributed by atoms with Crippen molar-refractivity contribution in [1.29, 1.82) is 0 Å². The van der Waals surface area contributed by atoms with Crippen LogP contribution < -0.4 is 8.61 Å². The predicted molar refractivity (Wildman–Crippen MR) is 103 cm³/mol. The lowest BCUT2D eigenvalue weighted by Gasteiger charge is -2.43. The van der Waals surface area contributed by atoms with Crippen LogP contribution in [0.1, 0.15) is 0 Å². The van der Waals surface area contributed by atoms with Gasteiger partial charge in [0.25, 0.3) is 0 Å². The van der Waals surface area contributed by atoms with Crippen LogP contribution in [0.3, 0.4) is 0 Å². The third kappa shape index (κ3) is 3.41. The van der Waals surface area contributed by atoms with Gasteiger partial charge in [0.05, 0.1) is 17.9 Å². The van der Waals surface area contributed by atoms with E-state index in [0.717, 1.165) is 16.4 Å². The number of para-hydroxylation sites is 2. The zero-order chi connectivity index (χ0) is 18.9. The number of hydrogen-bond donors (Lipinski definition) is 2. The quantitative estimate of drug-likeness (QED) is 0.740. The monoisotopic (exact) mass is 381 g/mol. The molecule has 2 aromatic rings. The fourth-order valence-corrected chi connectivity index (χ4v) is 4.50. The van der Waals surface area contributed by atoms with Gasteiger partial charge in [0.15, 0.2) is 5.82 Å². The van der Waals surface area contributed by atoms with Gasteiger partial charge in [0.2, 0.25) is 0 Å². The van der Waals surface area contributed by atoms with E-state index in [0.29, 0.717) is 17.9 Å². The first-order valence-corrected chi connectivity index (χ1v) is 9.48. The van der Waals surface area contributed by atoms with Gasteiger partial charge < -0.3 is 4.90 Å². The molecule has 5 nitrogen and oxygen atoms in total. The Bertz CT molecular complexity index is 830. The van der Waals surface area contributed by atoms with E-state index in [-0.39, 0.29) is 12.2 Å². The smallest absolute Gasteiger partial charge is 0.151 e. The summed E-state index contributed by atoms with van der Waals surface area (Å²) in [6.45, 7) is 0.956. The second-order valence-corrected chi connectivity index (χ2v) is 7.95. The zero-order valence-electron chi connectivity index (χ0n) is 14.5. The lowest BCUT2D eigenvalue weighted by Crippen LogP contribution is -2.31. The Morgan fingerprint density at radius 2 is 1.69 bits per heavy atom. The molecule has 1 aliphatic rings. The normalized spacial score (nSPS) is 17.2. The van der Waals surface area contributed by atoms with E-state index in [4.69, 9.17) is 0 Å². The Kier molecular flexibility index (Phi) is 5.19. The molecular formula is C18H21F2N3O2S. The number of hydrogen-bond acceptors (Lipinski definition) is 5. The minimum atomic E-state index is -3.54. The van der Waals surface area contributed by atoms with E-state index < -0.39 is 22.6 Å². The molecule has 0 aliphatic carbocycles. The summed E-state index contributed by atoms with van der Waals surface area (Å²) >= 11 is 0. The maximum atomic E-state index is 14.3. The molecule has 0 atom stereocenters. The molecule has 0 bridgehead atoms. The van der Waals surface area contributed by atoms with Crippen LogP contribution >= 0.6 is 11.0 Å². The van der Waals surface area contributed by atoms with Gasteiger partial charge in [-0.05, 0) is 49.3 Å². The molecule has 2 aromatic carbocycles. The van der Waals surface area contributed by atoms with Gasteiger partial charge in [-0.3, -0.25) is 9.11 Å². The van der Waals surface area contributed by atoms with E-state index in [1.54, 1.807) is 24.3 Å². The molecule has 0 radical (unpaired) electrons. The maximum Gasteiger partial charge on any atom is 0.151 e. The third-order valence-electron chi connectivity index (χ3n) is 3.95. The summed E-state index contributed by atoms with van der Waals surface area (Å²) in [6.07, 6.45) is 3.74. The highest BCUT2D eigenvalue weighted by Crippen LogP contribution is 2.64. The SMILES string of the molecule is CN(C)C/C=C/CN1c2ccccc2N(c2ccc(F)cc2F)S1(O)O. The number of fused-ring (bicyclic) bond motifs is 1. The van der Waals surface area contributed by atoms with E-state index in [1.807, 2.05) is 31.1 Å². The molecular weight excluding hydrogens is 360 g/mol. The first-order valence-electron chi connectivity index (χ1n) is 8.02.